The van der Waals surface area contributed by atoms with E-state index in [2.05, 4.69) is 136 Å². The third-order valence-electron chi connectivity index (χ3n) is 14.9. The summed E-state index contributed by atoms with van der Waals surface area (Å²) in [4.78, 5) is 77.3. The summed E-state index contributed by atoms with van der Waals surface area (Å²) in [5, 5.41) is 2.76. The molecule has 0 aliphatic carbocycles. The van der Waals surface area contributed by atoms with Crippen LogP contribution in [0.5, 0.6) is 0 Å². The van der Waals surface area contributed by atoms with Gasteiger partial charge in [-0.25, -0.2) is 0 Å². The molecule has 0 aliphatic rings. The normalized spacial score (nSPS) is 11.7. The third kappa shape index (κ3) is 64.6. The minimum Gasteiger partial charge on any atom is -0.355 e. The van der Waals surface area contributed by atoms with Gasteiger partial charge in [0.15, 0.2) is 0 Å². The van der Waals surface area contributed by atoms with Crippen molar-refractivity contribution in [3.8, 4) is 0 Å². The lowest BCUT2D eigenvalue weighted by atomic mass is 9.93. The second-order valence-corrected chi connectivity index (χ2v) is 23.8. The second kappa shape index (κ2) is 62.5. The molecule has 13 heteroatoms. The van der Waals surface area contributed by atoms with E-state index < -0.39 is 0 Å². The molecule has 0 aliphatic heterocycles. The first-order valence-corrected chi connectivity index (χ1v) is 32.5. The zero-order valence-electron chi connectivity index (χ0n) is 58.6. The summed E-state index contributed by atoms with van der Waals surface area (Å²) in [7, 11) is 0. The molecule has 0 fully saturated rings. The molecule has 0 aromatic carbocycles. The van der Waals surface area contributed by atoms with Crippen molar-refractivity contribution in [3.05, 3.63) is 0 Å². The molecular formula is C67H143N7O6. The Morgan fingerprint density at radius 3 is 0.975 bits per heavy atom. The van der Waals surface area contributed by atoms with Crippen LogP contribution in [0.4, 0.5) is 0 Å². The smallest absolute Gasteiger partial charge is 0.233 e. The Bertz CT molecular complexity index is 1360. The maximum Gasteiger partial charge on any atom is 0.233 e. The molecule has 80 heavy (non-hydrogen) atoms. The average Bonchev–Trinajstić information content (AvgIpc) is 3.41. The highest BCUT2D eigenvalue weighted by Gasteiger charge is 2.13. The Hall–Kier alpha value is -2.58. The van der Waals surface area contributed by atoms with Crippen molar-refractivity contribution in [1.29, 1.82) is 0 Å². The molecule has 0 spiro atoms. The molecule has 0 aromatic heterocycles. The van der Waals surface area contributed by atoms with Gasteiger partial charge in [-0.2, -0.15) is 0 Å². The molecule has 0 aromatic rings. The molecule has 13 nitrogen and oxygen atoms in total. The lowest BCUT2D eigenvalue weighted by molar-refractivity contribution is -0.131. The first-order chi connectivity index (χ1) is 37.3. The molecule has 0 saturated heterocycles. The van der Waals surface area contributed by atoms with Gasteiger partial charge >= 0.3 is 0 Å². The molecule has 2 amide bonds. The molecule has 0 heterocycles. The fourth-order valence-corrected chi connectivity index (χ4v) is 7.08. The number of hydrogen-bond acceptors (Lipinski definition) is 11. The predicted octanol–water partition coefficient (Wildman–Crippen LogP) is 13.9. The van der Waals surface area contributed by atoms with Gasteiger partial charge in [-0.3, -0.25) is 33.7 Å². The zero-order chi connectivity index (χ0) is 63.9. The minimum atomic E-state index is -0.0581. The Morgan fingerprint density at radius 2 is 0.725 bits per heavy atom. The van der Waals surface area contributed by atoms with E-state index in [1.807, 2.05) is 74.1 Å². The van der Waals surface area contributed by atoms with Crippen molar-refractivity contribution in [3.63, 3.8) is 0 Å². The largest absolute Gasteiger partial charge is 0.355 e. The van der Waals surface area contributed by atoms with Crippen LogP contribution in [-0.2, 0) is 28.8 Å². The zero-order valence-corrected chi connectivity index (χ0v) is 58.6. The lowest BCUT2D eigenvalue weighted by Gasteiger charge is -2.20. The van der Waals surface area contributed by atoms with E-state index >= 15 is 0 Å². The maximum atomic E-state index is 11.3. The Labute approximate surface area is 500 Å². The summed E-state index contributed by atoms with van der Waals surface area (Å²) in [6.45, 7) is 71.6. The molecule has 0 rings (SSSR count). The van der Waals surface area contributed by atoms with Gasteiger partial charge in [0.2, 0.25) is 11.8 Å². The van der Waals surface area contributed by atoms with Gasteiger partial charge in [0.25, 0.3) is 0 Å². The van der Waals surface area contributed by atoms with E-state index in [9.17, 15) is 28.8 Å². The fraction of sp³-hybridized carbons (Fsp3) is 0.910. The number of carbonyl (C=O) groups excluding carboxylic acids is 6. The summed E-state index contributed by atoms with van der Waals surface area (Å²) in [6, 6.07) is 0. The van der Waals surface area contributed by atoms with E-state index in [4.69, 9.17) is 5.73 Å². The SMILES string of the molecule is CC(=O)C(C)C.CC(C)C(C)CCCNC(=O)CN.CCN(CC)C(=O)CC(C)C.CCN(CC)CC(=O)C(C)C.CCN(CC)CCCC(=O)C(C)C.CCN(CC)CCCC(=O)C(C)C.CCN(CC)CCCC(C)C(C)C. The summed E-state index contributed by atoms with van der Waals surface area (Å²) in [5.41, 5.74) is 5.15. The van der Waals surface area contributed by atoms with Crippen molar-refractivity contribution in [2.24, 2.45) is 59.0 Å². The average molecular weight is 1140 g/mol. The highest BCUT2D eigenvalue weighted by molar-refractivity contribution is 5.82. The molecule has 0 bridgehead atoms. The molecule has 3 N–H and O–H groups in total. The quantitative estimate of drug-likeness (QED) is 0.0571. The van der Waals surface area contributed by atoms with Gasteiger partial charge in [-0.05, 0) is 161 Å². The van der Waals surface area contributed by atoms with Crippen LogP contribution in [0.3, 0.4) is 0 Å². The number of Topliss-reactive ketones (excluding diaryl/α,β-unsaturated/α-hetero) is 4. The number of rotatable bonds is 37. The van der Waals surface area contributed by atoms with Gasteiger partial charge in [0, 0.05) is 62.6 Å². The van der Waals surface area contributed by atoms with Gasteiger partial charge in [0.05, 0.1) is 13.1 Å². The van der Waals surface area contributed by atoms with E-state index in [1.165, 1.54) is 38.9 Å². The first-order valence-electron chi connectivity index (χ1n) is 32.5. The number of carbonyl (C=O) groups is 6. The standard InChI is InChI=1S/C12H27N.2C11H23NO.C10H22N2O.2C9H19NO.C5H10O/c1-6-13(7-2)10-8-9-12(5)11(3)4;2*1-5-12(6-2)9-7-8-11(13)10(3)4;1-8(2)9(3)5-4-6-12-10(13)7-11;1-5-10(6-2)7-9(11)8(3)4;1-5-10(6-2)9(11)7-8(3)4;1-4(2)5(3)6/h11-12H,6-10H2,1-5H3;2*10H,5-9H2,1-4H3;8-9H,4-7,11H2,1-3H3,(H,12,13);2*8H,5-7H2,1-4H3;4H,1-3H3. The number of nitrogens with two attached hydrogens (primary N) is 1. The molecular weight excluding hydrogens is 999 g/mol. The van der Waals surface area contributed by atoms with Crippen molar-refractivity contribution < 1.29 is 28.8 Å². The van der Waals surface area contributed by atoms with Crippen molar-refractivity contribution in [2.75, 3.05) is 105 Å². The van der Waals surface area contributed by atoms with Gasteiger partial charge in [0.1, 0.15) is 23.1 Å². The molecule has 2 unspecified atom stereocenters. The van der Waals surface area contributed by atoms with E-state index in [-0.39, 0.29) is 47.8 Å². The maximum absolute atomic E-state index is 11.3. The van der Waals surface area contributed by atoms with Crippen LogP contribution in [0.1, 0.15) is 245 Å². The highest BCUT2D eigenvalue weighted by Crippen LogP contribution is 2.16. The van der Waals surface area contributed by atoms with Gasteiger partial charge in [-0.1, -0.05) is 166 Å². The van der Waals surface area contributed by atoms with Gasteiger partial charge < -0.3 is 30.7 Å². The van der Waals surface area contributed by atoms with E-state index in [0.29, 0.717) is 36.2 Å². The number of amides is 2. The summed E-state index contributed by atoms with van der Waals surface area (Å²) in [6.07, 6.45) is 9.16. The van der Waals surface area contributed by atoms with Crippen molar-refractivity contribution in [1.82, 2.24) is 29.8 Å². The molecule has 0 radical (unpaired) electrons. The number of ketones is 4. The Morgan fingerprint density at radius 1 is 0.412 bits per heavy atom. The van der Waals surface area contributed by atoms with Gasteiger partial charge in [-0.15, -0.1) is 0 Å². The summed E-state index contributed by atoms with van der Waals surface area (Å²) < 4.78 is 0. The van der Waals surface area contributed by atoms with Crippen LogP contribution in [0.15, 0.2) is 0 Å². The number of likely N-dealkylation sites (N-methyl/N-ethyl adjacent to an activating group) is 1. The number of nitrogens with one attached hydrogen (secondary N) is 1. The monoisotopic (exact) mass is 1140 g/mol. The summed E-state index contributed by atoms with van der Waals surface area (Å²) in [5.74, 6) is 6.08. The van der Waals surface area contributed by atoms with Crippen LogP contribution < -0.4 is 11.1 Å². The van der Waals surface area contributed by atoms with Crippen molar-refractivity contribution >= 4 is 34.9 Å². The van der Waals surface area contributed by atoms with Crippen LogP contribution in [-0.4, -0.2) is 164 Å². The summed E-state index contributed by atoms with van der Waals surface area (Å²) >= 11 is 0. The Balaban J connectivity index is -0.000000157. The first kappa shape index (κ1) is 91.2. The molecule has 482 valence electrons. The molecule has 0 saturated carbocycles. The number of hydrogen-bond donors (Lipinski definition) is 2. The van der Waals surface area contributed by atoms with E-state index in [0.717, 1.165) is 128 Å². The van der Waals surface area contributed by atoms with Crippen LogP contribution >= 0.6 is 0 Å². The highest BCUT2D eigenvalue weighted by atomic mass is 16.2. The van der Waals surface area contributed by atoms with Crippen molar-refractivity contribution in [2.45, 2.75) is 245 Å². The predicted molar refractivity (Wildman–Crippen MR) is 351 cm³/mol. The van der Waals surface area contributed by atoms with Crippen LogP contribution in [0.2, 0.25) is 0 Å². The topological polar surface area (TPSA) is 157 Å². The second-order valence-electron chi connectivity index (χ2n) is 23.8. The lowest BCUT2D eigenvalue weighted by Crippen LogP contribution is -2.31. The fourth-order valence-electron chi connectivity index (χ4n) is 7.08. The third-order valence-corrected chi connectivity index (χ3v) is 14.9. The van der Waals surface area contributed by atoms with Crippen LogP contribution in [0, 0.1) is 53.3 Å². The minimum absolute atomic E-state index is 0.0581. The van der Waals surface area contributed by atoms with Crippen LogP contribution in [0.25, 0.3) is 0 Å². The number of nitrogens with zero attached hydrogens (tertiary/aromatic N) is 5. The molecule has 2 atom stereocenters. The Kier molecular flexibility index (Phi) is 71.2. The van der Waals surface area contributed by atoms with E-state index in [1.54, 1.807) is 6.92 Å².